The molecule has 0 unspecified atom stereocenters. The summed E-state index contributed by atoms with van der Waals surface area (Å²) in [5.74, 6) is 3.10. The van der Waals surface area contributed by atoms with Gasteiger partial charge in [0.2, 0.25) is 0 Å². The van der Waals surface area contributed by atoms with Crippen molar-refractivity contribution in [2.75, 3.05) is 54.5 Å². The topological polar surface area (TPSA) is 34.2 Å². The van der Waals surface area contributed by atoms with Gasteiger partial charge in [0.1, 0.15) is 36.2 Å². The van der Waals surface area contributed by atoms with Crippen molar-refractivity contribution in [2.45, 2.75) is 0 Å². The monoisotopic (exact) mass is 478 g/mol. The quantitative estimate of drug-likeness (QED) is 0.298. The van der Waals surface area contributed by atoms with Gasteiger partial charge in [-0.1, -0.05) is 23.7 Å². The molecule has 178 valence electrons. The molecule has 0 spiro atoms. The number of nitrogens with zero attached hydrogens (tertiary/aromatic N) is 2. The Labute approximate surface area is 207 Å². The number of benzene rings is 3. The van der Waals surface area contributed by atoms with Crippen molar-refractivity contribution >= 4 is 23.3 Å². The molecule has 1 aliphatic heterocycles. The second-order valence-corrected chi connectivity index (χ2v) is 9.27. The highest BCUT2D eigenvalue weighted by atomic mass is 35.5. The van der Waals surface area contributed by atoms with Crippen LogP contribution in [0.3, 0.4) is 0 Å². The molecule has 34 heavy (non-hydrogen) atoms. The van der Waals surface area contributed by atoms with E-state index in [0.717, 1.165) is 58.4 Å². The number of halogens is 1. The third-order valence-electron chi connectivity index (χ3n) is 5.50. The molecule has 0 bridgehead atoms. The molecular formula is C28H31ClN2O3. The van der Waals surface area contributed by atoms with Crippen molar-refractivity contribution in [1.82, 2.24) is 9.80 Å². The van der Waals surface area contributed by atoms with Gasteiger partial charge in [0, 0.05) is 41.4 Å². The Bertz CT molecular complexity index is 1090. The molecule has 0 aromatic heterocycles. The van der Waals surface area contributed by atoms with Crippen LogP contribution < -0.4 is 14.2 Å². The highest BCUT2D eigenvalue weighted by Crippen LogP contribution is 2.46. The SMILES string of the molecule is CN(C)CCOc1ccc2c(c1)Oc1cc(OCCN(C)C)ccc1C2=Cc1ccc(Cl)cc1. The van der Waals surface area contributed by atoms with Gasteiger partial charge in [0.05, 0.1) is 0 Å². The maximum atomic E-state index is 6.36. The molecule has 5 nitrogen and oxygen atoms in total. The maximum absolute atomic E-state index is 6.36. The van der Waals surface area contributed by atoms with Crippen LogP contribution in [0.1, 0.15) is 16.7 Å². The number of fused-ring (bicyclic) bond motifs is 2. The second kappa shape index (κ2) is 11.0. The fourth-order valence-electron chi connectivity index (χ4n) is 3.64. The Morgan fingerprint density at radius 1 is 0.735 bits per heavy atom. The average molecular weight is 479 g/mol. The molecule has 1 aliphatic rings. The van der Waals surface area contributed by atoms with E-state index in [0.29, 0.717) is 18.2 Å². The average Bonchev–Trinajstić information content (AvgIpc) is 2.79. The van der Waals surface area contributed by atoms with Crippen molar-refractivity contribution < 1.29 is 14.2 Å². The minimum atomic E-state index is 0.611. The number of rotatable bonds is 9. The molecule has 3 aromatic rings. The third kappa shape index (κ3) is 6.11. The van der Waals surface area contributed by atoms with E-state index < -0.39 is 0 Å². The van der Waals surface area contributed by atoms with Crippen molar-refractivity contribution in [3.05, 3.63) is 82.4 Å². The zero-order valence-electron chi connectivity index (χ0n) is 20.2. The lowest BCUT2D eigenvalue weighted by Crippen LogP contribution is -2.19. The van der Waals surface area contributed by atoms with Crippen LogP contribution >= 0.6 is 11.6 Å². The first-order valence-corrected chi connectivity index (χ1v) is 11.8. The second-order valence-electron chi connectivity index (χ2n) is 8.83. The summed E-state index contributed by atoms with van der Waals surface area (Å²) in [7, 11) is 8.12. The van der Waals surface area contributed by atoms with Crippen molar-refractivity contribution in [3.63, 3.8) is 0 Å². The van der Waals surface area contributed by atoms with E-state index in [9.17, 15) is 0 Å². The minimum Gasteiger partial charge on any atom is -0.492 e. The van der Waals surface area contributed by atoms with Crippen LogP contribution in [-0.4, -0.2) is 64.3 Å². The summed E-state index contributed by atoms with van der Waals surface area (Å²) in [5.41, 5.74) is 4.18. The predicted molar refractivity (Wildman–Crippen MR) is 139 cm³/mol. The summed E-state index contributed by atoms with van der Waals surface area (Å²) >= 11 is 6.10. The lowest BCUT2D eigenvalue weighted by molar-refractivity contribution is 0.260. The van der Waals surface area contributed by atoms with Gasteiger partial charge in [0.15, 0.2) is 0 Å². The van der Waals surface area contributed by atoms with E-state index in [1.54, 1.807) is 0 Å². The Kier molecular flexibility index (Phi) is 7.78. The summed E-state index contributed by atoms with van der Waals surface area (Å²) < 4.78 is 18.3. The number of hydrogen-bond donors (Lipinski definition) is 0. The molecule has 0 radical (unpaired) electrons. The molecule has 3 aromatic carbocycles. The summed E-state index contributed by atoms with van der Waals surface area (Å²) in [6, 6.07) is 19.9. The van der Waals surface area contributed by atoms with Gasteiger partial charge in [-0.2, -0.15) is 0 Å². The molecule has 0 saturated carbocycles. The Balaban J connectivity index is 1.68. The molecule has 0 atom stereocenters. The highest BCUT2D eigenvalue weighted by Gasteiger charge is 2.23. The molecule has 6 heteroatoms. The molecular weight excluding hydrogens is 448 g/mol. The first kappa shape index (κ1) is 24.1. The molecule has 0 N–H and O–H groups in total. The Hall–Kier alpha value is -2.99. The first-order valence-electron chi connectivity index (χ1n) is 11.4. The van der Waals surface area contributed by atoms with Gasteiger partial charge >= 0.3 is 0 Å². The van der Waals surface area contributed by atoms with Gasteiger partial charge in [0.25, 0.3) is 0 Å². The third-order valence-corrected chi connectivity index (χ3v) is 5.75. The molecule has 1 heterocycles. The van der Waals surface area contributed by atoms with Crippen molar-refractivity contribution in [2.24, 2.45) is 0 Å². The first-order chi connectivity index (χ1) is 16.4. The molecule has 0 saturated heterocycles. The molecule has 4 rings (SSSR count). The highest BCUT2D eigenvalue weighted by molar-refractivity contribution is 6.30. The van der Waals surface area contributed by atoms with Gasteiger partial charge in [-0.15, -0.1) is 0 Å². The number of ether oxygens (including phenoxy) is 3. The molecule has 0 fully saturated rings. The maximum Gasteiger partial charge on any atom is 0.139 e. The fraction of sp³-hybridized carbons (Fsp3) is 0.286. The largest absolute Gasteiger partial charge is 0.492 e. The van der Waals surface area contributed by atoms with Crippen LogP contribution in [0.5, 0.6) is 23.0 Å². The van der Waals surface area contributed by atoms with E-state index in [-0.39, 0.29) is 0 Å². The lowest BCUT2D eigenvalue weighted by atomic mass is 9.92. The van der Waals surface area contributed by atoms with Gasteiger partial charge in [-0.3, -0.25) is 0 Å². The normalized spacial score (nSPS) is 12.3. The van der Waals surface area contributed by atoms with Gasteiger partial charge in [-0.05, 0) is 81.8 Å². The van der Waals surface area contributed by atoms with Crippen LogP contribution in [0, 0.1) is 0 Å². The fourth-order valence-corrected chi connectivity index (χ4v) is 3.76. The predicted octanol–water partition coefficient (Wildman–Crippen LogP) is 5.92. The number of likely N-dealkylation sites (N-methyl/N-ethyl adjacent to an activating group) is 2. The summed E-state index contributed by atoms with van der Waals surface area (Å²) in [6.07, 6.45) is 2.16. The van der Waals surface area contributed by atoms with Crippen LogP contribution in [0.25, 0.3) is 11.6 Å². The van der Waals surface area contributed by atoms with Crippen LogP contribution in [-0.2, 0) is 0 Å². The van der Waals surface area contributed by atoms with Gasteiger partial charge < -0.3 is 24.0 Å². The Morgan fingerprint density at radius 3 is 1.71 bits per heavy atom. The summed E-state index contributed by atoms with van der Waals surface area (Å²) in [6.45, 7) is 2.91. The van der Waals surface area contributed by atoms with Crippen LogP contribution in [0.4, 0.5) is 0 Å². The van der Waals surface area contributed by atoms with E-state index in [2.05, 4.69) is 28.0 Å². The van der Waals surface area contributed by atoms with E-state index in [1.807, 2.05) is 76.7 Å². The molecule has 0 aliphatic carbocycles. The zero-order valence-corrected chi connectivity index (χ0v) is 20.9. The summed E-state index contributed by atoms with van der Waals surface area (Å²) in [4.78, 5) is 4.19. The zero-order chi connectivity index (χ0) is 24.1. The van der Waals surface area contributed by atoms with Crippen LogP contribution in [0.15, 0.2) is 60.7 Å². The lowest BCUT2D eigenvalue weighted by Gasteiger charge is -2.24. The van der Waals surface area contributed by atoms with E-state index >= 15 is 0 Å². The minimum absolute atomic E-state index is 0.611. The number of hydrogen-bond acceptors (Lipinski definition) is 5. The van der Waals surface area contributed by atoms with Crippen LogP contribution in [0.2, 0.25) is 5.02 Å². The van der Waals surface area contributed by atoms with E-state index in [1.165, 1.54) is 0 Å². The molecule has 0 amide bonds. The van der Waals surface area contributed by atoms with Gasteiger partial charge in [-0.25, -0.2) is 0 Å². The van der Waals surface area contributed by atoms with E-state index in [4.69, 9.17) is 25.8 Å². The summed E-state index contributed by atoms with van der Waals surface area (Å²) in [5, 5.41) is 0.717. The standard InChI is InChI=1S/C28H31ClN2O3/c1-30(2)13-15-32-22-9-11-24-26(17-20-5-7-21(29)8-6-20)25-12-10-23(33-16-14-31(3)4)19-28(25)34-27(24)18-22/h5-12,17-19H,13-16H2,1-4H3. The Morgan fingerprint density at radius 2 is 1.24 bits per heavy atom. The van der Waals surface area contributed by atoms with Crippen molar-refractivity contribution in [3.8, 4) is 23.0 Å². The smallest absolute Gasteiger partial charge is 0.139 e. The van der Waals surface area contributed by atoms with Crippen molar-refractivity contribution in [1.29, 1.82) is 0 Å².